The van der Waals surface area contributed by atoms with Crippen LogP contribution in [0.3, 0.4) is 0 Å². The van der Waals surface area contributed by atoms with Crippen molar-refractivity contribution in [1.82, 2.24) is 0 Å². The number of esters is 1. The van der Waals surface area contributed by atoms with Crippen molar-refractivity contribution < 1.29 is 38.4 Å². The number of aromatic hydroxyl groups is 1. The molecule has 0 saturated heterocycles. The van der Waals surface area contributed by atoms with Crippen molar-refractivity contribution in [2.45, 2.75) is 12.3 Å². The number of hydrogen-bond donors (Lipinski definition) is 1. The van der Waals surface area contributed by atoms with Crippen molar-refractivity contribution in [1.29, 1.82) is 0 Å². The molecule has 0 radical (unpaired) electrons. The van der Waals surface area contributed by atoms with Crippen LogP contribution in [0.1, 0.15) is 39.4 Å². The Kier molecular flexibility index (Phi) is 5.56. The Balaban J connectivity index is 1.61. The molecule has 178 valence electrons. The SMILES string of the molecule is COc1ccc([C@H]2CC(=O)Oc3ccc4c(c32)O/C(=C\c2cccc(OC)c2OC)C4=O)cc1O. The number of phenols is 1. The Bertz CT molecular complexity index is 1390. The fourth-order valence-electron chi connectivity index (χ4n) is 4.48. The van der Waals surface area contributed by atoms with Gasteiger partial charge in [-0.05, 0) is 42.0 Å². The zero-order valence-corrected chi connectivity index (χ0v) is 19.3. The predicted octanol–water partition coefficient (Wildman–Crippen LogP) is 4.48. The van der Waals surface area contributed by atoms with E-state index < -0.39 is 11.9 Å². The molecule has 0 saturated carbocycles. The normalized spacial score (nSPS) is 17.3. The lowest BCUT2D eigenvalue weighted by Gasteiger charge is -2.26. The number of carbonyl (C=O) groups excluding carboxylic acids is 2. The molecule has 0 spiro atoms. The van der Waals surface area contributed by atoms with E-state index in [4.69, 9.17) is 23.7 Å². The van der Waals surface area contributed by atoms with Gasteiger partial charge in [-0.1, -0.05) is 18.2 Å². The molecule has 0 unspecified atom stereocenters. The number of fused-ring (bicyclic) bond motifs is 3. The summed E-state index contributed by atoms with van der Waals surface area (Å²) in [5, 5.41) is 10.3. The third kappa shape index (κ3) is 3.73. The molecule has 0 amide bonds. The molecule has 0 bridgehead atoms. The zero-order valence-electron chi connectivity index (χ0n) is 19.3. The monoisotopic (exact) mass is 474 g/mol. The van der Waals surface area contributed by atoms with Crippen LogP contribution in [-0.2, 0) is 4.79 Å². The van der Waals surface area contributed by atoms with Crippen molar-refractivity contribution >= 4 is 17.8 Å². The van der Waals surface area contributed by atoms with Crippen molar-refractivity contribution in [3.63, 3.8) is 0 Å². The summed E-state index contributed by atoms with van der Waals surface area (Å²) < 4.78 is 27.5. The number of rotatable bonds is 5. The molecule has 1 atom stereocenters. The van der Waals surface area contributed by atoms with Gasteiger partial charge in [-0.15, -0.1) is 0 Å². The van der Waals surface area contributed by atoms with Crippen LogP contribution in [0.25, 0.3) is 6.08 Å². The molecule has 8 heteroatoms. The molecule has 1 N–H and O–H groups in total. The number of benzene rings is 3. The molecule has 0 aromatic heterocycles. The van der Waals surface area contributed by atoms with Crippen LogP contribution in [0.15, 0.2) is 54.3 Å². The van der Waals surface area contributed by atoms with Crippen molar-refractivity contribution in [3.8, 4) is 34.5 Å². The number of ether oxygens (including phenoxy) is 5. The second-order valence-electron chi connectivity index (χ2n) is 8.04. The summed E-state index contributed by atoms with van der Waals surface area (Å²) in [5.74, 6) is 0.785. The molecule has 35 heavy (non-hydrogen) atoms. The summed E-state index contributed by atoms with van der Waals surface area (Å²) in [6.07, 6.45) is 1.62. The summed E-state index contributed by atoms with van der Waals surface area (Å²) in [5.41, 5.74) is 2.20. The van der Waals surface area contributed by atoms with Gasteiger partial charge in [0.25, 0.3) is 0 Å². The van der Waals surface area contributed by atoms with Crippen molar-refractivity contribution in [3.05, 3.63) is 76.5 Å². The maximum absolute atomic E-state index is 13.3. The van der Waals surface area contributed by atoms with E-state index >= 15 is 0 Å². The predicted molar refractivity (Wildman–Crippen MR) is 126 cm³/mol. The second-order valence-corrected chi connectivity index (χ2v) is 8.04. The Hall–Kier alpha value is -4.46. The highest BCUT2D eigenvalue weighted by Gasteiger charge is 2.38. The van der Waals surface area contributed by atoms with Gasteiger partial charge in [-0.3, -0.25) is 9.59 Å². The summed E-state index contributed by atoms with van der Waals surface area (Å²) >= 11 is 0. The maximum Gasteiger partial charge on any atom is 0.312 e. The number of phenolic OH excluding ortho intramolecular Hbond substituents is 1. The second kappa shape index (κ2) is 8.72. The molecule has 0 fully saturated rings. The van der Waals surface area contributed by atoms with Gasteiger partial charge in [0.05, 0.1) is 33.3 Å². The van der Waals surface area contributed by atoms with Crippen LogP contribution >= 0.6 is 0 Å². The van der Waals surface area contributed by atoms with Gasteiger partial charge < -0.3 is 28.8 Å². The summed E-state index contributed by atoms with van der Waals surface area (Å²) in [4.78, 5) is 25.6. The van der Waals surface area contributed by atoms with Crippen LogP contribution in [0.4, 0.5) is 0 Å². The van der Waals surface area contributed by atoms with E-state index in [1.165, 1.54) is 21.3 Å². The quantitative estimate of drug-likeness (QED) is 0.328. The standard InChI is InChI=1S/C27H22O8/c1-31-19-9-7-14(11-18(19)28)17-13-23(29)34-20-10-8-16-25(30)22(35-27(16)24(17)20)12-15-5-4-6-21(32-2)26(15)33-3/h4-12,17,28H,13H2,1-3H3/b22-12-/t17-/m1/s1. The lowest BCUT2D eigenvalue weighted by molar-refractivity contribution is -0.135. The van der Waals surface area contributed by atoms with Crippen LogP contribution in [-0.4, -0.2) is 38.2 Å². The van der Waals surface area contributed by atoms with Gasteiger partial charge in [-0.2, -0.15) is 0 Å². The molecular formula is C27H22O8. The van der Waals surface area contributed by atoms with Gasteiger partial charge in [0.2, 0.25) is 5.78 Å². The number of ketones is 1. The number of hydrogen-bond acceptors (Lipinski definition) is 8. The number of methoxy groups -OCH3 is 3. The van der Waals surface area contributed by atoms with Gasteiger partial charge in [0.1, 0.15) is 11.5 Å². The van der Waals surface area contributed by atoms with Crippen LogP contribution in [0.2, 0.25) is 0 Å². The average molecular weight is 474 g/mol. The van der Waals surface area contributed by atoms with E-state index in [-0.39, 0.29) is 23.7 Å². The van der Waals surface area contributed by atoms with E-state index in [1.807, 2.05) is 0 Å². The number of allylic oxidation sites excluding steroid dienone is 1. The highest BCUT2D eigenvalue weighted by atomic mass is 16.5. The van der Waals surface area contributed by atoms with Gasteiger partial charge in [0.15, 0.2) is 28.8 Å². The van der Waals surface area contributed by atoms with E-state index in [2.05, 4.69) is 0 Å². The van der Waals surface area contributed by atoms with Crippen LogP contribution in [0.5, 0.6) is 34.5 Å². The molecule has 3 aromatic rings. The van der Waals surface area contributed by atoms with E-state index in [0.717, 1.165) is 0 Å². The first-order valence-corrected chi connectivity index (χ1v) is 10.8. The smallest absolute Gasteiger partial charge is 0.312 e. The Morgan fingerprint density at radius 1 is 0.943 bits per heavy atom. The Morgan fingerprint density at radius 2 is 1.74 bits per heavy atom. The van der Waals surface area contributed by atoms with E-state index in [0.29, 0.717) is 51.0 Å². The molecule has 5 rings (SSSR count). The average Bonchev–Trinajstić information content (AvgIpc) is 3.18. The van der Waals surface area contributed by atoms with Gasteiger partial charge in [0, 0.05) is 17.0 Å². The van der Waals surface area contributed by atoms with Gasteiger partial charge >= 0.3 is 5.97 Å². The molecular weight excluding hydrogens is 452 g/mol. The lowest BCUT2D eigenvalue weighted by Crippen LogP contribution is -2.21. The minimum Gasteiger partial charge on any atom is -0.504 e. The molecule has 2 aliphatic rings. The molecule has 3 aromatic carbocycles. The van der Waals surface area contributed by atoms with Crippen LogP contribution < -0.4 is 23.7 Å². The first-order chi connectivity index (χ1) is 16.9. The first kappa shape index (κ1) is 22.3. The third-order valence-corrected chi connectivity index (χ3v) is 6.10. The summed E-state index contributed by atoms with van der Waals surface area (Å²) in [6, 6.07) is 13.4. The fourth-order valence-corrected chi connectivity index (χ4v) is 4.48. The van der Waals surface area contributed by atoms with Crippen molar-refractivity contribution in [2.75, 3.05) is 21.3 Å². The molecule has 0 aliphatic carbocycles. The zero-order chi connectivity index (χ0) is 24.7. The maximum atomic E-state index is 13.3. The van der Waals surface area contributed by atoms with E-state index in [9.17, 15) is 14.7 Å². The fraction of sp³-hybridized carbons (Fsp3) is 0.185. The molecule has 8 nitrogen and oxygen atoms in total. The Labute approximate surface area is 201 Å². The summed E-state index contributed by atoms with van der Waals surface area (Å²) in [7, 11) is 4.51. The number of para-hydroxylation sites is 1. The van der Waals surface area contributed by atoms with Gasteiger partial charge in [-0.25, -0.2) is 0 Å². The summed E-state index contributed by atoms with van der Waals surface area (Å²) in [6.45, 7) is 0. The number of carbonyl (C=O) groups is 2. The molecule has 2 heterocycles. The first-order valence-electron chi connectivity index (χ1n) is 10.8. The molecule has 2 aliphatic heterocycles. The largest absolute Gasteiger partial charge is 0.504 e. The topological polar surface area (TPSA) is 101 Å². The van der Waals surface area contributed by atoms with Crippen molar-refractivity contribution in [2.24, 2.45) is 0 Å². The minimum absolute atomic E-state index is 0.0233. The minimum atomic E-state index is -0.489. The highest BCUT2D eigenvalue weighted by Crippen LogP contribution is 2.50. The Morgan fingerprint density at radius 3 is 2.46 bits per heavy atom. The third-order valence-electron chi connectivity index (χ3n) is 6.10. The highest BCUT2D eigenvalue weighted by molar-refractivity contribution is 6.15. The lowest BCUT2D eigenvalue weighted by atomic mass is 9.84. The van der Waals surface area contributed by atoms with Crippen LogP contribution in [0, 0.1) is 0 Å². The number of Topliss-reactive ketones (excluding diaryl/α,β-unsaturated/α-hetero) is 1. The van der Waals surface area contributed by atoms with E-state index in [1.54, 1.807) is 54.6 Å².